The van der Waals surface area contributed by atoms with Gasteiger partial charge in [-0.1, -0.05) is 0 Å². The Morgan fingerprint density at radius 3 is 2.67 bits per heavy atom. The molecule has 7 nitrogen and oxygen atoms in total. The van der Waals surface area contributed by atoms with Crippen LogP contribution in [0.15, 0.2) is 24.5 Å². The molecule has 10 heteroatoms. The van der Waals surface area contributed by atoms with Crippen molar-refractivity contribution in [2.75, 3.05) is 19.8 Å². The molecule has 1 N–H and O–H groups in total. The fraction of sp³-hybridized carbons (Fsp3) is 0.588. The number of hydrogen-bond acceptors (Lipinski definition) is 5. The number of aromatic nitrogens is 1. The van der Waals surface area contributed by atoms with Crippen molar-refractivity contribution < 1.29 is 37.3 Å². The molecule has 1 aliphatic heterocycles. The normalized spacial score (nSPS) is 24.6. The number of carboxylic acid groups (broad SMARTS) is 1. The first kappa shape index (κ1) is 21.1. The molecule has 0 unspecified atom stereocenters. The van der Waals surface area contributed by atoms with Crippen LogP contribution >= 0.6 is 0 Å². The van der Waals surface area contributed by atoms with Crippen molar-refractivity contribution in [2.45, 2.75) is 44.2 Å². The number of nitrogens with zero attached hydrogens (tertiary/aromatic N) is 2. The number of halogens is 3. The van der Waals surface area contributed by atoms with E-state index in [0.29, 0.717) is 25.3 Å². The number of fused-ring (bicyclic) bond motifs is 1. The number of pyridine rings is 1. The minimum atomic E-state index is -5.08. The smallest absolute Gasteiger partial charge is 0.475 e. The van der Waals surface area contributed by atoms with E-state index in [2.05, 4.69) is 4.98 Å². The molecule has 1 aromatic rings. The first-order valence-electron chi connectivity index (χ1n) is 8.50. The standard InChI is InChI=1S/C15H20N2O3.C2HF3O2/c1-2-19-13-6-5-12-14(13)20-9-8-17(12)15(18)11-4-3-7-16-10-11;3-2(4,5)1(6)7/h3-4,7,10,12-14H,2,5-6,8-9H2,1H3;(H,6,7)/t12-,13+,14+;/m0./s1. The van der Waals surface area contributed by atoms with Crippen LogP contribution in [-0.2, 0) is 14.3 Å². The second-order valence-electron chi connectivity index (χ2n) is 6.02. The molecule has 0 aromatic carbocycles. The van der Waals surface area contributed by atoms with E-state index < -0.39 is 12.1 Å². The van der Waals surface area contributed by atoms with E-state index in [1.165, 1.54) is 0 Å². The Hall–Kier alpha value is -2.20. The SMILES string of the molecule is CCO[C@@H]1CC[C@H]2[C@H]1OCCN2C(=O)c1cccnc1.O=C(O)C(F)(F)F. The number of ether oxygens (including phenoxy) is 2. The van der Waals surface area contributed by atoms with Crippen LogP contribution in [0.3, 0.4) is 0 Å². The number of aliphatic carboxylic acids is 1. The average molecular weight is 390 g/mol. The van der Waals surface area contributed by atoms with E-state index in [4.69, 9.17) is 19.4 Å². The van der Waals surface area contributed by atoms with Gasteiger partial charge in [0.25, 0.3) is 5.91 Å². The van der Waals surface area contributed by atoms with Crippen molar-refractivity contribution in [3.8, 4) is 0 Å². The minimum Gasteiger partial charge on any atom is -0.475 e. The maximum Gasteiger partial charge on any atom is 0.490 e. The molecule has 3 atom stereocenters. The fourth-order valence-corrected chi connectivity index (χ4v) is 3.22. The molecule has 0 spiro atoms. The van der Waals surface area contributed by atoms with Gasteiger partial charge in [0.2, 0.25) is 0 Å². The first-order valence-corrected chi connectivity index (χ1v) is 8.50. The van der Waals surface area contributed by atoms with Crippen LogP contribution in [0.4, 0.5) is 13.2 Å². The minimum absolute atomic E-state index is 0.0179. The van der Waals surface area contributed by atoms with Crippen LogP contribution in [0.5, 0.6) is 0 Å². The third kappa shape index (κ3) is 5.39. The van der Waals surface area contributed by atoms with Gasteiger partial charge in [0.15, 0.2) is 0 Å². The number of carboxylic acids is 1. The van der Waals surface area contributed by atoms with Crippen LogP contribution in [0.1, 0.15) is 30.1 Å². The summed E-state index contributed by atoms with van der Waals surface area (Å²) in [6, 6.07) is 3.74. The Bertz CT molecular complexity index is 641. The van der Waals surface area contributed by atoms with Crippen molar-refractivity contribution in [3.05, 3.63) is 30.1 Å². The lowest BCUT2D eigenvalue weighted by molar-refractivity contribution is -0.192. The number of carbonyl (C=O) groups excluding carboxylic acids is 1. The number of rotatable bonds is 3. The van der Waals surface area contributed by atoms with Crippen LogP contribution in [0.2, 0.25) is 0 Å². The molecular weight excluding hydrogens is 369 g/mol. The second-order valence-corrected chi connectivity index (χ2v) is 6.02. The van der Waals surface area contributed by atoms with Gasteiger partial charge in [-0.2, -0.15) is 13.2 Å². The molecule has 0 radical (unpaired) electrons. The van der Waals surface area contributed by atoms with Crippen LogP contribution in [0.25, 0.3) is 0 Å². The van der Waals surface area contributed by atoms with E-state index in [1.54, 1.807) is 18.5 Å². The highest BCUT2D eigenvalue weighted by Crippen LogP contribution is 2.32. The van der Waals surface area contributed by atoms with Crippen LogP contribution in [0, 0.1) is 0 Å². The lowest BCUT2D eigenvalue weighted by Gasteiger charge is -2.39. The van der Waals surface area contributed by atoms with Gasteiger partial charge in [0.1, 0.15) is 6.10 Å². The summed E-state index contributed by atoms with van der Waals surface area (Å²) >= 11 is 0. The highest BCUT2D eigenvalue weighted by Gasteiger charge is 2.45. The van der Waals surface area contributed by atoms with E-state index in [0.717, 1.165) is 12.8 Å². The zero-order valence-electron chi connectivity index (χ0n) is 14.7. The number of carbonyl (C=O) groups is 2. The van der Waals surface area contributed by atoms with E-state index in [1.807, 2.05) is 17.9 Å². The van der Waals surface area contributed by atoms with Gasteiger partial charge >= 0.3 is 12.1 Å². The molecule has 150 valence electrons. The molecule has 1 aliphatic carbocycles. The largest absolute Gasteiger partial charge is 0.490 e. The predicted molar refractivity (Wildman–Crippen MR) is 87.1 cm³/mol. The summed E-state index contributed by atoms with van der Waals surface area (Å²) in [5.74, 6) is -2.71. The third-order valence-corrected chi connectivity index (χ3v) is 4.33. The van der Waals surface area contributed by atoms with Crippen molar-refractivity contribution in [1.82, 2.24) is 9.88 Å². The topological polar surface area (TPSA) is 89.0 Å². The van der Waals surface area contributed by atoms with E-state index >= 15 is 0 Å². The molecule has 2 heterocycles. The van der Waals surface area contributed by atoms with Crippen LogP contribution in [-0.4, -0.2) is 71.1 Å². The average Bonchev–Trinajstić information content (AvgIpc) is 3.05. The molecule has 0 bridgehead atoms. The Morgan fingerprint density at radius 1 is 1.41 bits per heavy atom. The molecule has 1 aromatic heterocycles. The van der Waals surface area contributed by atoms with Gasteiger partial charge < -0.3 is 19.5 Å². The van der Waals surface area contributed by atoms with E-state index in [9.17, 15) is 18.0 Å². The highest BCUT2D eigenvalue weighted by atomic mass is 19.4. The summed E-state index contributed by atoms with van der Waals surface area (Å²) in [5, 5.41) is 7.12. The van der Waals surface area contributed by atoms with Gasteiger partial charge in [-0.05, 0) is 31.9 Å². The quantitative estimate of drug-likeness (QED) is 0.851. The summed E-state index contributed by atoms with van der Waals surface area (Å²) in [7, 11) is 0. The maximum absolute atomic E-state index is 12.6. The molecule has 2 aliphatic rings. The van der Waals surface area contributed by atoms with Gasteiger partial charge in [-0.3, -0.25) is 9.78 Å². The molecule has 1 amide bonds. The number of morpholine rings is 1. The lowest BCUT2D eigenvalue weighted by atomic mass is 10.1. The third-order valence-electron chi connectivity index (χ3n) is 4.33. The van der Waals surface area contributed by atoms with Crippen molar-refractivity contribution in [1.29, 1.82) is 0 Å². The summed E-state index contributed by atoms with van der Waals surface area (Å²) in [6.45, 7) is 3.91. The number of alkyl halides is 3. The Labute approximate surface area is 154 Å². The van der Waals surface area contributed by atoms with Crippen molar-refractivity contribution >= 4 is 11.9 Å². The predicted octanol–water partition coefficient (Wildman–Crippen LogP) is 2.12. The number of hydrogen-bond donors (Lipinski definition) is 1. The second kappa shape index (κ2) is 9.14. The zero-order chi connectivity index (χ0) is 20.0. The summed E-state index contributed by atoms with van der Waals surface area (Å²) in [5.41, 5.74) is 0.646. The maximum atomic E-state index is 12.6. The Morgan fingerprint density at radius 2 is 2.11 bits per heavy atom. The molecule has 3 rings (SSSR count). The zero-order valence-corrected chi connectivity index (χ0v) is 14.7. The molecule has 2 fully saturated rings. The monoisotopic (exact) mass is 390 g/mol. The van der Waals surface area contributed by atoms with Crippen LogP contribution < -0.4 is 0 Å². The molecule has 1 saturated carbocycles. The van der Waals surface area contributed by atoms with Gasteiger partial charge in [0, 0.05) is 25.5 Å². The fourth-order valence-electron chi connectivity index (χ4n) is 3.22. The lowest BCUT2D eigenvalue weighted by Crippen LogP contribution is -2.53. The first-order chi connectivity index (χ1) is 12.8. The summed E-state index contributed by atoms with van der Waals surface area (Å²) < 4.78 is 43.3. The molecule has 27 heavy (non-hydrogen) atoms. The molecule has 1 saturated heterocycles. The Balaban J connectivity index is 0.000000321. The summed E-state index contributed by atoms with van der Waals surface area (Å²) in [6.07, 6.45) is 0.265. The van der Waals surface area contributed by atoms with Gasteiger partial charge in [-0.15, -0.1) is 0 Å². The highest BCUT2D eigenvalue weighted by molar-refractivity contribution is 5.94. The number of amides is 1. The summed E-state index contributed by atoms with van der Waals surface area (Å²) in [4.78, 5) is 27.5. The Kier molecular flexibility index (Phi) is 7.14. The van der Waals surface area contributed by atoms with Gasteiger partial charge in [-0.25, -0.2) is 4.79 Å². The van der Waals surface area contributed by atoms with E-state index in [-0.39, 0.29) is 24.2 Å². The van der Waals surface area contributed by atoms with Crippen molar-refractivity contribution in [3.63, 3.8) is 0 Å². The van der Waals surface area contributed by atoms with Crippen molar-refractivity contribution in [2.24, 2.45) is 0 Å². The molecular formula is C17H21F3N2O5. The van der Waals surface area contributed by atoms with Gasteiger partial charge in [0.05, 0.1) is 24.3 Å².